The van der Waals surface area contributed by atoms with Crippen molar-refractivity contribution in [1.82, 2.24) is 9.64 Å². The number of anilines is 2. The summed E-state index contributed by atoms with van der Waals surface area (Å²) in [5.41, 5.74) is 5.50. The van der Waals surface area contributed by atoms with Crippen LogP contribution in [0.5, 0.6) is 11.5 Å². The molecule has 1 saturated heterocycles. The van der Waals surface area contributed by atoms with Crippen LogP contribution in [0.1, 0.15) is 51.9 Å². The third-order valence-electron chi connectivity index (χ3n) is 9.86. The first kappa shape index (κ1) is 42.7. The number of imide groups is 1. The zero-order valence-corrected chi connectivity index (χ0v) is 34.2. The predicted molar refractivity (Wildman–Crippen MR) is 218 cm³/mol. The number of hydroxylamine groups is 2. The summed E-state index contributed by atoms with van der Waals surface area (Å²) in [4.78, 5) is 56.7. The average molecular weight is 788 g/mol. The topological polar surface area (TPSA) is 140 Å². The molecule has 57 heavy (non-hydrogen) atoms. The lowest BCUT2D eigenvalue weighted by molar-refractivity contribution is -0.198. The van der Waals surface area contributed by atoms with Gasteiger partial charge in [-0.2, -0.15) is 0 Å². The number of hydrogen-bond donors (Lipinski definition) is 0. The van der Waals surface area contributed by atoms with Gasteiger partial charge in [-0.15, -0.1) is 5.06 Å². The van der Waals surface area contributed by atoms with Crippen LogP contribution < -0.4 is 29.2 Å². The van der Waals surface area contributed by atoms with Crippen molar-refractivity contribution in [2.75, 3.05) is 91.7 Å². The van der Waals surface area contributed by atoms with Gasteiger partial charge in [-0.3, -0.25) is 14.4 Å². The Morgan fingerprint density at radius 1 is 0.807 bits per heavy atom. The van der Waals surface area contributed by atoms with Crippen molar-refractivity contribution in [3.8, 4) is 33.9 Å². The standard InChI is InChI=1S/C43H55N4O10/c1-8-46(20-9-11-31(48)12-10-21-54-23-24-55-22-19-42(51)57-47-40(49)17-18-41(47)50)35-28-36(52-6)34(27-39(35)53-7)43-32-15-13-29(44(2)3)25-37(32)56-38-26-30(45(4)5)14-16-33(38)43/h13-16,25-28H,8-12,17-24H2,1-7H3/q+1. The highest BCUT2D eigenvalue weighted by Crippen LogP contribution is 2.47. The van der Waals surface area contributed by atoms with E-state index in [-0.39, 0.29) is 38.3 Å². The Hall–Kier alpha value is -5.47. The number of hydrogen-bond acceptors (Lipinski definition) is 12. The predicted octanol–water partition coefficient (Wildman–Crippen LogP) is 5.31. The molecule has 0 spiro atoms. The molecule has 0 unspecified atom stereocenters. The van der Waals surface area contributed by atoms with Crippen LogP contribution in [-0.2, 0) is 33.5 Å². The molecule has 0 saturated carbocycles. The highest BCUT2D eigenvalue weighted by atomic mass is 16.7. The van der Waals surface area contributed by atoms with Crippen LogP contribution in [0, 0.1) is 0 Å². The molecule has 2 heterocycles. The Labute approximate surface area is 333 Å². The molecular weight excluding hydrogens is 732 g/mol. The molecule has 0 atom stereocenters. The maximum atomic E-state index is 12.8. The molecule has 1 aliphatic carbocycles. The Balaban J connectivity index is 1.16. The molecule has 2 aliphatic heterocycles. The Kier molecular flexibility index (Phi) is 15.0. The first-order valence-electron chi connectivity index (χ1n) is 19.4. The fourth-order valence-electron chi connectivity index (χ4n) is 6.73. The number of methoxy groups -OCH3 is 2. The lowest BCUT2D eigenvalue weighted by atomic mass is 9.92. The lowest BCUT2D eigenvalue weighted by Gasteiger charge is -2.27. The molecule has 2 aromatic rings. The number of ether oxygens (including phenoxy) is 4. The number of rotatable bonds is 21. The van der Waals surface area contributed by atoms with E-state index in [1.54, 1.807) is 14.2 Å². The fraction of sp³-hybridized carbons (Fsp3) is 0.465. The number of ketones is 1. The molecule has 5 rings (SSSR count). The number of benzene rings is 3. The SMILES string of the molecule is CCN(CCCC(=O)CCCOCCOCCC(=O)ON1C(=O)CCC1=O)c1cc(OC)c(-c2c3ccc(=[N+](C)C)cc-3oc3cc(N(C)C)ccc23)cc1OC. The molecule has 2 amide bonds. The number of amides is 2. The molecule has 0 radical (unpaired) electrons. The number of Topliss-reactive ketones (excluding diaryl/α,β-unsaturated/α-hetero) is 1. The zero-order chi connectivity index (χ0) is 41.1. The summed E-state index contributed by atoms with van der Waals surface area (Å²) in [5, 5.41) is 2.51. The first-order valence-corrected chi connectivity index (χ1v) is 19.4. The van der Waals surface area contributed by atoms with E-state index in [0.29, 0.717) is 68.5 Å². The van der Waals surface area contributed by atoms with E-state index >= 15 is 0 Å². The van der Waals surface area contributed by atoms with Gasteiger partial charge in [0.05, 0.1) is 52.2 Å². The summed E-state index contributed by atoms with van der Waals surface area (Å²) < 4.78 is 31.7. The van der Waals surface area contributed by atoms with Gasteiger partial charge in [0.25, 0.3) is 11.8 Å². The second-order valence-corrected chi connectivity index (χ2v) is 14.2. The van der Waals surface area contributed by atoms with Crippen LogP contribution in [-0.4, -0.2) is 111 Å². The minimum atomic E-state index is -0.711. The van der Waals surface area contributed by atoms with Gasteiger partial charge >= 0.3 is 5.97 Å². The zero-order valence-electron chi connectivity index (χ0n) is 34.2. The largest absolute Gasteiger partial charge is 0.496 e. The minimum absolute atomic E-state index is 0.0470. The minimum Gasteiger partial charge on any atom is -0.496 e. The van der Waals surface area contributed by atoms with E-state index in [2.05, 4.69) is 57.7 Å². The van der Waals surface area contributed by atoms with Crippen molar-refractivity contribution in [3.05, 3.63) is 53.9 Å². The monoisotopic (exact) mass is 787 g/mol. The summed E-state index contributed by atoms with van der Waals surface area (Å²) in [5.74, 6) is 0.580. The normalized spacial score (nSPS) is 12.7. The quantitative estimate of drug-likeness (QED) is 0.0468. The molecule has 1 fully saturated rings. The number of nitrogens with zero attached hydrogens (tertiary/aromatic N) is 4. The van der Waals surface area contributed by atoms with Crippen LogP contribution in [0.2, 0.25) is 0 Å². The van der Waals surface area contributed by atoms with Crippen molar-refractivity contribution < 1.29 is 47.4 Å². The van der Waals surface area contributed by atoms with Crippen LogP contribution in [0.25, 0.3) is 33.4 Å². The van der Waals surface area contributed by atoms with E-state index in [0.717, 1.165) is 50.2 Å². The van der Waals surface area contributed by atoms with Gasteiger partial charge < -0.3 is 38.0 Å². The van der Waals surface area contributed by atoms with Gasteiger partial charge in [0.1, 0.15) is 42.7 Å². The molecule has 0 aromatic heterocycles. The van der Waals surface area contributed by atoms with E-state index < -0.39 is 17.8 Å². The maximum Gasteiger partial charge on any atom is 0.335 e. The first-order chi connectivity index (χ1) is 27.4. The molecule has 0 N–H and O–H groups in total. The molecule has 306 valence electrons. The summed E-state index contributed by atoms with van der Waals surface area (Å²) in [6.45, 7) is 4.49. The Morgan fingerprint density at radius 2 is 1.51 bits per heavy atom. The lowest BCUT2D eigenvalue weighted by Crippen LogP contribution is -2.32. The van der Waals surface area contributed by atoms with E-state index in [9.17, 15) is 19.2 Å². The second-order valence-electron chi connectivity index (χ2n) is 14.2. The fourth-order valence-corrected chi connectivity index (χ4v) is 6.73. The van der Waals surface area contributed by atoms with E-state index in [1.165, 1.54) is 0 Å². The van der Waals surface area contributed by atoms with Crippen molar-refractivity contribution >= 4 is 45.9 Å². The molecule has 14 nitrogen and oxygen atoms in total. The number of carbonyl (C=O) groups excluding carboxylic acids is 4. The van der Waals surface area contributed by atoms with Crippen molar-refractivity contribution in [2.24, 2.45) is 0 Å². The summed E-state index contributed by atoms with van der Waals surface area (Å²) in [7, 11) is 11.4. The van der Waals surface area contributed by atoms with Crippen LogP contribution in [0.3, 0.4) is 0 Å². The van der Waals surface area contributed by atoms with Gasteiger partial charge in [0.2, 0.25) is 5.36 Å². The summed E-state index contributed by atoms with van der Waals surface area (Å²) >= 11 is 0. The number of carbonyl (C=O) groups is 4. The molecule has 2 aromatic carbocycles. The Bertz CT molecular complexity index is 2090. The Morgan fingerprint density at radius 3 is 2.18 bits per heavy atom. The molecule has 0 bridgehead atoms. The van der Waals surface area contributed by atoms with E-state index in [1.807, 2.05) is 40.3 Å². The third kappa shape index (κ3) is 10.7. The van der Waals surface area contributed by atoms with Crippen molar-refractivity contribution in [3.63, 3.8) is 0 Å². The van der Waals surface area contributed by atoms with Gasteiger partial charge in [-0.1, -0.05) is 0 Å². The van der Waals surface area contributed by atoms with Crippen LogP contribution >= 0.6 is 0 Å². The van der Waals surface area contributed by atoms with Gasteiger partial charge in [0, 0.05) is 105 Å². The van der Waals surface area contributed by atoms with Crippen LogP contribution in [0.15, 0.2) is 52.9 Å². The average Bonchev–Trinajstić information content (AvgIpc) is 3.51. The highest BCUT2D eigenvalue weighted by molar-refractivity contribution is 6.04. The van der Waals surface area contributed by atoms with E-state index in [4.69, 9.17) is 28.2 Å². The van der Waals surface area contributed by atoms with Crippen LogP contribution in [0.4, 0.5) is 11.4 Å². The second kappa shape index (κ2) is 20.1. The molecule has 3 aliphatic rings. The maximum absolute atomic E-state index is 12.8. The summed E-state index contributed by atoms with van der Waals surface area (Å²) in [6, 6.07) is 16.5. The summed E-state index contributed by atoms with van der Waals surface area (Å²) in [6.07, 6.45) is 2.12. The third-order valence-corrected chi connectivity index (χ3v) is 9.86. The van der Waals surface area contributed by atoms with Gasteiger partial charge in [0.15, 0.2) is 0 Å². The van der Waals surface area contributed by atoms with Gasteiger partial charge in [-0.25, -0.2) is 9.37 Å². The molecular formula is C43H55N4O10+. The number of fused-ring (bicyclic) bond motifs is 2. The highest BCUT2D eigenvalue weighted by Gasteiger charge is 2.32. The van der Waals surface area contributed by atoms with Gasteiger partial charge in [-0.05, 0) is 44.0 Å². The van der Waals surface area contributed by atoms with Crippen molar-refractivity contribution in [1.29, 1.82) is 0 Å². The van der Waals surface area contributed by atoms with Crippen molar-refractivity contribution in [2.45, 2.75) is 51.9 Å². The molecule has 14 heteroatoms. The smallest absolute Gasteiger partial charge is 0.335 e.